The number of aryl methyl sites for hydroxylation is 1. The number of amides is 1. The van der Waals surface area contributed by atoms with Crippen LogP contribution in [0.1, 0.15) is 96.2 Å². The number of benzene rings is 1. The van der Waals surface area contributed by atoms with Gasteiger partial charge in [-0.2, -0.15) is 0 Å². The van der Waals surface area contributed by atoms with Gasteiger partial charge in [0.05, 0.1) is 10.6 Å². The molecule has 13 heteroatoms. The van der Waals surface area contributed by atoms with E-state index in [-0.39, 0.29) is 22.5 Å². The molecule has 1 amide bonds. The Balaban J connectivity index is 1.27. The van der Waals surface area contributed by atoms with Gasteiger partial charge in [0.1, 0.15) is 0 Å². The van der Waals surface area contributed by atoms with Crippen molar-refractivity contribution in [3.05, 3.63) is 60.7 Å². The third-order valence-corrected chi connectivity index (χ3v) is 9.26. The van der Waals surface area contributed by atoms with Gasteiger partial charge in [-0.15, -0.1) is 10.2 Å². The number of aromatic nitrogens is 5. The first-order chi connectivity index (χ1) is 21.4. The highest BCUT2D eigenvalue weighted by atomic mass is 32.2. The van der Waals surface area contributed by atoms with E-state index in [0.717, 1.165) is 25.7 Å². The molecule has 0 atom stereocenters. The van der Waals surface area contributed by atoms with Gasteiger partial charge in [-0.1, -0.05) is 82.2 Å². The predicted molar refractivity (Wildman–Crippen MR) is 177 cm³/mol. The number of nitrogens with zero attached hydrogens (tertiary/aromatic N) is 5. The summed E-state index contributed by atoms with van der Waals surface area (Å²) in [5, 5.41) is 11.6. The molecule has 0 saturated heterocycles. The van der Waals surface area contributed by atoms with Gasteiger partial charge < -0.3 is 11.2 Å². The number of carbonyl (C=O) groups excluding carboxylic acids is 1. The second-order valence-electron chi connectivity index (χ2n) is 10.6. The van der Waals surface area contributed by atoms with Crippen molar-refractivity contribution >= 4 is 39.3 Å². The van der Waals surface area contributed by atoms with E-state index in [2.05, 4.69) is 49.3 Å². The van der Waals surface area contributed by atoms with Gasteiger partial charge >= 0.3 is 0 Å². The summed E-state index contributed by atoms with van der Waals surface area (Å²) in [7, 11) is -3.85. The summed E-state index contributed by atoms with van der Waals surface area (Å²) in [6.07, 6.45) is 24.6. The lowest BCUT2D eigenvalue weighted by molar-refractivity contribution is -0.113. The number of sulfonamides is 1. The molecule has 44 heavy (non-hydrogen) atoms. The standard InChI is InChI=1S/C31H46N8O3S2/c1-2-3-4-5-6-7-8-9-10-11-12-13-14-15-16-18-28-36-37-31(39(28)32)43-25-29(40)35-26-19-21-27(22-20-26)44(41,42)38-30-33-23-17-24-34-30/h9-10,17,19-24H,2-8,11-16,18,25,32H2,1H3,(H,35,40)(H,33,34,38). The first kappa shape index (κ1) is 35.0. The molecule has 1 aromatic carbocycles. The van der Waals surface area contributed by atoms with Crippen LogP contribution >= 0.6 is 11.8 Å². The van der Waals surface area contributed by atoms with Gasteiger partial charge in [0, 0.05) is 24.5 Å². The molecule has 11 nitrogen and oxygen atoms in total. The second kappa shape index (κ2) is 19.8. The number of hydrogen-bond acceptors (Lipinski definition) is 9. The lowest BCUT2D eigenvalue weighted by atomic mass is 10.1. The molecular weight excluding hydrogens is 597 g/mol. The van der Waals surface area contributed by atoms with E-state index in [1.165, 1.54) is 117 Å². The molecule has 4 N–H and O–H groups in total. The molecular formula is C31H46N8O3S2. The van der Waals surface area contributed by atoms with Crippen LogP contribution in [0.4, 0.5) is 11.6 Å². The highest BCUT2D eigenvalue weighted by molar-refractivity contribution is 7.99. The van der Waals surface area contributed by atoms with Crippen LogP contribution < -0.4 is 15.9 Å². The Kier molecular flexibility index (Phi) is 15.7. The molecule has 0 radical (unpaired) electrons. The fourth-order valence-corrected chi connectivity index (χ4v) is 6.14. The third-order valence-electron chi connectivity index (χ3n) is 6.97. The number of rotatable bonds is 22. The smallest absolute Gasteiger partial charge is 0.264 e. The number of carbonyl (C=O) groups is 1. The average Bonchev–Trinajstić information content (AvgIpc) is 3.37. The lowest BCUT2D eigenvalue weighted by Crippen LogP contribution is -2.17. The molecule has 0 aliphatic rings. The van der Waals surface area contributed by atoms with Gasteiger partial charge in [-0.05, 0) is 62.4 Å². The molecule has 2 heterocycles. The second-order valence-corrected chi connectivity index (χ2v) is 13.3. The Morgan fingerprint density at radius 2 is 1.50 bits per heavy atom. The number of anilines is 2. The van der Waals surface area contributed by atoms with Crippen molar-refractivity contribution in [1.82, 2.24) is 24.8 Å². The number of allylic oxidation sites excluding steroid dienone is 2. The maximum atomic E-state index is 12.5. The highest BCUT2D eigenvalue weighted by Crippen LogP contribution is 2.19. The fraction of sp³-hybridized carbons (Fsp3) is 0.516. The Morgan fingerprint density at radius 3 is 2.16 bits per heavy atom. The van der Waals surface area contributed by atoms with Crippen LogP contribution in [0.15, 0.2) is 64.9 Å². The monoisotopic (exact) mass is 642 g/mol. The molecule has 0 unspecified atom stereocenters. The van der Waals surface area contributed by atoms with Gasteiger partial charge in [0.15, 0.2) is 5.82 Å². The summed E-state index contributed by atoms with van der Waals surface area (Å²) in [6, 6.07) is 7.41. The van der Waals surface area contributed by atoms with E-state index < -0.39 is 10.0 Å². The molecule has 240 valence electrons. The van der Waals surface area contributed by atoms with Crippen molar-refractivity contribution in [2.24, 2.45) is 0 Å². The molecule has 0 saturated carbocycles. The first-order valence-electron chi connectivity index (χ1n) is 15.6. The summed E-state index contributed by atoms with van der Waals surface area (Å²) < 4.78 is 28.8. The Labute approximate surface area is 266 Å². The number of unbranched alkanes of at least 4 members (excludes halogenated alkanes) is 11. The van der Waals surface area contributed by atoms with Crippen molar-refractivity contribution in [1.29, 1.82) is 0 Å². The van der Waals surface area contributed by atoms with Crippen LogP contribution in [0.5, 0.6) is 0 Å². The number of thioether (sulfide) groups is 1. The highest BCUT2D eigenvalue weighted by Gasteiger charge is 2.16. The van der Waals surface area contributed by atoms with E-state index in [9.17, 15) is 13.2 Å². The van der Waals surface area contributed by atoms with Gasteiger partial charge in [0.25, 0.3) is 10.0 Å². The quantitative estimate of drug-likeness (QED) is 0.0481. The van der Waals surface area contributed by atoms with Crippen LogP contribution in [0.2, 0.25) is 0 Å². The molecule has 0 aliphatic heterocycles. The van der Waals surface area contributed by atoms with E-state index >= 15 is 0 Å². The van der Waals surface area contributed by atoms with E-state index in [1.54, 1.807) is 6.07 Å². The van der Waals surface area contributed by atoms with Crippen molar-refractivity contribution in [3.8, 4) is 0 Å². The summed E-state index contributed by atoms with van der Waals surface area (Å²) in [5.74, 6) is 6.66. The van der Waals surface area contributed by atoms with E-state index in [0.29, 0.717) is 16.7 Å². The summed E-state index contributed by atoms with van der Waals surface area (Å²) in [4.78, 5) is 20.2. The largest absolute Gasteiger partial charge is 0.336 e. The number of nitrogen functional groups attached to an aromatic ring is 1. The molecule has 3 aromatic rings. The van der Waals surface area contributed by atoms with Crippen LogP contribution in [0, 0.1) is 0 Å². The Bertz CT molecular complexity index is 1380. The topological polar surface area (TPSA) is 158 Å². The normalized spacial score (nSPS) is 11.7. The minimum atomic E-state index is -3.85. The SMILES string of the molecule is CCCCCCCCC=CCCCCCCCc1nnc(SCC(=O)Nc2ccc(S(=O)(=O)Nc3ncccn3)cc2)n1N. The van der Waals surface area contributed by atoms with Crippen molar-refractivity contribution in [2.45, 2.75) is 107 Å². The number of nitrogens with one attached hydrogen (secondary N) is 2. The maximum Gasteiger partial charge on any atom is 0.264 e. The molecule has 0 bridgehead atoms. The number of nitrogens with two attached hydrogens (primary N) is 1. The maximum absolute atomic E-state index is 12.5. The summed E-state index contributed by atoms with van der Waals surface area (Å²) in [6.45, 7) is 2.26. The first-order valence-corrected chi connectivity index (χ1v) is 18.0. The van der Waals surface area contributed by atoms with E-state index in [1.807, 2.05) is 0 Å². The molecule has 0 aliphatic carbocycles. The van der Waals surface area contributed by atoms with Crippen molar-refractivity contribution in [3.63, 3.8) is 0 Å². The fourth-order valence-electron chi connectivity index (χ4n) is 4.51. The number of hydrogen-bond donors (Lipinski definition) is 3. The Morgan fingerprint density at radius 1 is 0.886 bits per heavy atom. The predicted octanol–water partition coefficient (Wildman–Crippen LogP) is 6.50. The van der Waals surface area contributed by atoms with Crippen LogP contribution in [0.25, 0.3) is 0 Å². The molecule has 0 fully saturated rings. The molecule has 0 spiro atoms. The minimum absolute atomic E-state index is 0.0207. The van der Waals surface area contributed by atoms with E-state index in [4.69, 9.17) is 5.84 Å². The zero-order chi connectivity index (χ0) is 31.5. The Hall–Kier alpha value is -3.45. The van der Waals surface area contributed by atoms with Gasteiger partial charge in [-0.3, -0.25) is 4.79 Å². The summed E-state index contributed by atoms with van der Waals surface area (Å²) >= 11 is 1.19. The van der Waals surface area contributed by atoms with Gasteiger partial charge in [-0.25, -0.2) is 27.8 Å². The van der Waals surface area contributed by atoms with Gasteiger partial charge in [0.2, 0.25) is 17.0 Å². The van der Waals surface area contributed by atoms with Crippen LogP contribution in [-0.4, -0.2) is 44.9 Å². The van der Waals surface area contributed by atoms with Crippen LogP contribution in [-0.2, 0) is 21.2 Å². The lowest BCUT2D eigenvalue weighted by Gasteiger charge is -2.08. The molecule has 2 aromatic heterocycles. The van der Waals surface area contributed by atoms with Crippen molar-refractivity contribution < 1.29 is 13.2 Å². The molecule has 3 rings (SSSR count). The zero-order valence-corrected chi connectivity index (χ0v) is 27.3. The zero-order valence-electron chi connectivity index (χ0n) is 25.7. The average molecular weight is 643 g/mol. The van der Waals surface area contributed by atoms with Crippen molar-refractivity contribution in [2.75, 3.05) is 21.6 Å². The van der Waals surface area contributed by atoms with Crippen LogP contribution in [0.3, 0.4) is 0 Å². The summed E-state index contributed by atoms with van der Waals surface area (Å²) in [5.41, 5.74) is 0.463. The third kappa shape index (κ3) is 13.0. The minimum Gasteiger partial charge on any atom is -0.336 e.